The number of hydrogen-bond donors (Lipinski definition) is 0. The van der Waals surface area contributed by atoms with Crippen LogP contribution in [0.15, 0.2) is 18.2 Å². The Balaban J connectivity index is 3.17. The minimum atomic E-state index is -0.321. The van der Waals surface area contributed by atoms with E-state index in [2.05, 4.69) is 37.1 Å². The van der Waals surface area contributed by atoms with Gasteiger partial charge in [-0.2, -0.15) is 0 Å². The van der Waals surface area contributed by atoms with Crippen LogP contribution in [0.25, 0.3) is 0 Å². The summed E-state index contributed by atoms with van der Waals surface area (Å²) in [6.45, 7) is 1.87. The Labute approximate surface area is 105 Å². The molecule has 2 nitrogen and oxygen atoms in total. The molecule has 0 spiro atoms. The summed E-state index contributed by atoms with van der Waals surface area (Å²) in [6.07, 6.45) is 0. The quantitative estimate of drug-likeness (QED) is 0.449. The smallest absolute Gasteiger partial charge is 0.338 e. The number of carbonyl (C=O) groups is 1. The number of ether oxygens (including phenoxy) is 1. The van der Waals surface area contributed by atoms with Gasteiger partial charge in [-0.25, -0.2) is 4.79 Å². The van der Waals surface area contributed by atoms with Crippen molar-refractivity contribution in [3.8, 4) is 11.2 Å². The summed E-state index contributed by atoms with van der Waals surface area (Å²) in [7, 11) is 2.79. The molecule has 0 amide bonds. The molecule has 0 atom stereocenters. The Hall–Kier alpha value is -0.670. The Morgan fingerprint density at radius 2 is 2.27 bits per heavy atom. The number of esters is 1. The first kappa shape index (κ1) is 12.4. The second kappa shape index (κ2) is 6.03. The van der Waals surface area contributed by atoms with Crippen LogP contribution in [0.5, 0.6) is 0 Å². The largest absolute Gasteiger partial charge is 0.465 e. The van der Waals surface area contributed by atoms with Crippen LogP contribution in [0.3, 0.4) is 0 Å². The second-order valence-electron chi connectivity index (χ2n) is 2.77. The van der Waals surface area contributed by atoms with Gasteiger partial charge >= 0.3 is 5.97 Å². The summed E-state index contributed by atoms with van der Waals surface area (Å²) < 4.78 is 4.68. The van der Waals surface area contributed by atoms with Crippen molar-refractivity contribution < 1.29 is 9.53 Å². The molecular weight excluding hydrogens is 323 g/mol. The van der Waals surface area contributed by atoms with Crippen LogP contribution in [-0.2, 0) is 4.74 Å². The van der Waals surface area contributed by atoms with E-state index in [1.165, 1.54) is 16.0 Å². The van der Waals surface area contributed by atoms with Crippen molar-refractivity contribution in [3.63, 3.8) is 0 Å². The van der Waals surface area contributed by atoms with Gasteiger partial charge in [-0.1, -0.05) is 12.0 Å². The molecule has 0 aliphatic carbocycles. The minimum absolute atomic E-state index is 0.321. The van der Waals surface area contributed by atoms with Gasteiger partial charge in [0.1, 0.15) is 0 Å². The Morgan fingerprint density at radius 3 is 2.87 bits per heavy atom. The van der Waals surface area contributed by atoms with Crippen molar-refractivity contribution in [1.82, 2.24) is 0 Å². The van der Waals surface area contributed by atoms with Crippen molar-refractivity contribution in [2.75, 3.05) is 7.11 Å². The van der Waals surface area contributed by atoms with E-state index in [0.717, 1.165) is 11.1 Å². The molecule has 0 heterocycles. The van der Waals surface area contributed by atoms with Crippen molar-refractivity contribution in [2.24, 2.45) is 0 Å². The van der Waals surface area contributed by atoms with Crippen molar-refractivity contribution in [3.05, 3.63) is 34.9 Å². The van der Waals surface area contributed by atoms with E-state index in [1.807, 2.05) is 13.0 Å². The zero-order valence-corrected chi connectivity index (χ0v) is 11.3. The molecule has 4 heteroatoms. The summed E-state index contributed by atoms with van der Waals surface area (Å²) >= 11 is 2.11. The van der Waals surface area contributed by atoms with Gasteiger partial charge in [-0.3, -0.25) is 0 Å². The third-order valence-electron chi connectivity index (χ3n) is 1.96. The van der Waals surface area contributed by atoms with E-state index in [-0.39, 0.29) is 5.97 Å². The number of benzene rings is 1. The zero-order chi connectivity index (χ0) is 11.3. The van der Waals surface area contributed by atoms with Crippen LogP contribution in [-0.4, -0.2) is 13.1 Å². The minimum Gasteiger partial charge on any atom is -0.465 e. The SMILES string of the molecule is COC(=O)c1cccc(C#CSI)c1C. The highest BCUT2D eigenvalue weighted by Gasteiger charge is 2.10. The first-order chi connectivity index (χ1) is 7.20. The van der Waals surface area contributed by atoms with Gasteiger partial charge in [0.05, 0.1) is 12.7 Å². The molecule has 0 unspecified atom stereocenters. The van der Waals surface area contributed by atoms with E-state index in [9.17, 15) is 4.79 Å². The molecule has 78 valence electrons. The zero-order valence-electron chi connectivity index (χ0n) is 8.33. The lowest BCUT2D eigenvalue weighted by molar-refractivity contribution is 0.0600. The van der Waals surface area contributed by atoms with E-state index in [4.69, 9.17) is 0 Å². The number of carbonyl (C=O) groups excluding carboxylic acids is 1. The molecule has 0 N–H and O–H groups in total. The summed E-state index contributed by atoms with van der Waals surface area (Å²) in [5.74, 6) is 2.66. The molecule has 1 aromatic carbocycles. The fourth-order valence-electron chi connectivity index (χ4n) is 1.18. The maximum atomic E-state index is 11.4. The summed E-state index contributed by atoms with van der Waals surface area (Å²) in [5.41, 5.74) is 2.30. The lowest BCUT2D eigenvalue weighted by atomic mass is 10.0. The molecule has 15 heavy (non-hydrogen) atoms. The molecule has 0 fully saturated rings. The summed E-state index contributed by atoms with van der Waals surface area (Å²) in [4.78, 5) is 11.4. The van der Waals surface area contributed by atoms with Crippen LogP contribution in [0, 0.1) is 18.1 Å². The predicted molar refractivity (Wildman–Crippen MR) is 71.0 cm³/mol. The second-order valence-corrected chi connectivity index (χ2v) is 4.45. The van der Waals surface area contributed by atoms with Gasteiger partial charge in [0.2, 0.25) is 0 Å². The van der Waals surface area contributed by atoms with E-state index in [1.54, 1.807) is 12.1 Å². The molecule has 0 saturated carbocycles. The van der Waals surface area contributed by atoms with Gasteiger partial charge in [0, 0.05) is 26.8 Å². The van der Waals surface area contributed by atoms with Gasteiger partial charge in [0.25, 0.3) is 0 Å². The monoisotopic (exact) mass is 332 g/mol. The third-order valence-corrected chi connectivity index (χ3v) is 2.80. The topological polar surface area (TPSA) is 26.3 Å². The molecule has 0 aromatic heterocycles. The van der Waals surface area contributed by atoms with Crippen LogP contribution >= 0.6 is 30.1 Å². The Kier molecular flexibility index (Phi) is 4.99. The average molecular weight is 332 g/mol. The lowest BCUT2D eigenvalue weighted by Crippen LogP contribution is -2.04. The number of halogens is 1. The number of rotatable bonds is 1. The van der Waals surface area contributed by atoms with Crippen molar-refractivity contribution in [2.45, 2.75) is 6.92 Å². The van der Waals surface area contributed by atoms with Crippen LogP contribution < -0.4 is 0 Å². The van der Waals surface area contributed by atoms with E-state index >= 15 is 0 Å². The highest BCUT2D eigenvalue weighted by Crippen LogP contribution is 2.15. The van der Waals surface area contributed by atoms with Gasteiger partial charge in [0.15, 0.2) is 0 Å². The van der Waals surface area contributed by atoms with Gasteiger partial charge in [-0.05, 0) is 38.8 Å². The molecule has 1 rings (SSSR count). The van der Waals surface area contributed by atoms with Gasteiger partial charge in [-0.15, -0.1) is 0 Å². The van der Waals surface area contributed by atoms with Crippen LogP contribution in [0.4, 0.5) is 0 Å². The lowest BCUT2D eigenvalue weighted by Gasteiger charge is -2.04. The Morgan fingerprint density at radius 1 is 1.53 bits per heavy atom. The highest BCUT2D eigenvalue weighted by molar-refractivity contribution is 14.2. The van der Waals surface area contributed by atoms with Gasteiger partial charge < -0.3 is 4.74 Å². The molecule has 0 aliphatic heterocycles. The number of hydrogen-bond acceptors (Lipinski definition) is 3. The molecule has 0 aliphatic rings. The van der Waals surface area contributed by atoms with Crippen LogP contribution in [0.1, 0.15) is 21.5 Å². The Bertz CT molecular complexity index is 432. The molecule has 0 saturated heterocycles. The average Bonchev–Trinajstić information content (AvgIpc) is 2.27. The fourth-order valence-corrected chi connectivity index (χ4v) is 1.66. The predicted octanol–water partition coefficient (Wildman–Crippen LogP) is 3.17. The standard InChI is InChI=1S/C11H9IO2S/c1-8-9(6-7-15-12)4-3-5-10(8)11(13)14-2/h3-5H,1-2H3. The first-order valence-corrected chi connectivity index (χ1v) is 7.53. The van der Waals surface area contributed by atoms with Crippen LogP contribution in [0.2, 0.25) is 0 Å². The molecule has 0 radical (unpaired) electrons. The molecule has 0 bridgehead atoms. The van der Waals surface area contributed by atoms with E-state index < -0.39 is 0 Å². The third kappa shape index (κ3) is 3.14. The van der Waals surface area contributed by atoms with Crippen molar-refractivity contribution in [1.29, 1.82) is 0 Å². The maximum absolute atomic E-state index is 11.4. The maximum Gasteiger partial charge on any atom is 0.338 e. The first-order valence-electron chi connectivity index (χ1n) is 4.17. The molecule has 1 aromatic rings. The van der Waals surface area contributed by atoms with Crippen molar-refractivity contribution >= 4 is 36.1 Å². The summed E-state index contributed by atoms with van der Waals surface area (Å²) in [6, 6.07) is 5.44. The highest BCUT2D eigenvalue weighted by atomic mass is 127. The fraction of sp³-hybridized carbons (Fsp3) is 0.182. The molecular formula is C11H9IO2S. The summed E-state index contributed by atoms with van der Waals surface area (Å²) in [5, 5.41) is 2.89. The normalized spacial score (nSPS) is 9.00. The number of methoxy groups -OCH3 is 1. The van der Waals surface area contributed by atoms with E-state index in [0.29, 0.717) is 5.56 Å².